The van der Waals surface area contributed by atoms with E-state index in [-0.39, 0.29) is 0 Å². The van der Waals surface area contributed by atoms with Crippen molar-refractivity contribution in [3.63, 3.8) is 0 Å². The van der Waals surface area contributed by atoms with Crippen molar-refractivity contribution in [1.29, 1.82) is 0 Å². The second-order valence-corrected chi connectivity index (χ2v) is 11.4. The number of fused-ring (bicyclic) bond motifs is 2. The molecule has 2 fully saturated rings. The van der Waals surface area contributed by atoms with Gasteiger partial charge in [-0.1, -0.05) is 49.4 Å². The summed E-state index contributed by atoms with van der Waals surface area (Å²) in [4.78, 5) is 10.4. The maximum absolute atomic E-state index is 5.40. The van der Waals surface area contributed by atoms with Crippen LogP contribution in [0.15, 0.2) is 67.0 Å². The van der Waals surface area contributed by atoms with Crippen LogP contribution >= 0.6 is 0 Å². The number of pyridine rings is 1. The molecule has 2 saturated carbocycles. The molecule has 0 amide bonds. The Labute approximate surface area is 226 Å². The summed E-state index contributed by atoms with van der Waals surface area (Å²) in [6.45, 7) is 3.10. The lowest BCUT2D eigenvalue weighted by atomic mass is 10.0. The van der Waals surface area contributed by atoms with Crippen molar-refractivity contribution in [2.75, 3.05) is 0 Å². The van der Waals surface area contributed by atoms with Gasteiger partial charge in [0.15, 0.2) is 5.65 Å². The predicted octanol–water partition coefficient (Wildman–Crippen LogP) is 6.93. The molecule has 2 aliphatic rings. The third-order valence-corrected chi connectivity index (χ3v) is 8.45. The number of nitrogens with one attached hydrogen (secondary N) is 1. The van der Waals surface area contributed by atoms with Gasteiger partial charge in [-0.05, 0) is 43.4 Å². The number of hydrogen-bond donors (Lipinski definition) is 1. The van der Waals surface area contributed by atoms with E-state index in [4.69, 9.17) is 15.1 Å². The van der Waals surface area contributed by atoms with E-state index in [0.29, 0.717) is 17.8 Å². The van der Waals surface area contributed by atoms with E-state index in [9.17, 15) is 0 Å². The summed E-state index contributed by atoms with van der Waals surface area (Å²) in [7, 11) is 2.18. The predicted molar refractivity (Wildman–Crippen MR) is 154 cm³/mol. The van der Waals surface area contributed by atoms with Crippen molar-refractivity contribution in [1.82, 2.24) is 34.5 Å². The molecule has 7 heteroatoms. The molecule has 7 nitrogen and oxygen atoms in total. The molecule has 1 N–H and O–H groups in total. The lowest BCUT2D eigenvalue weighted by Crippen LogP contribution is -2.06. The van der Waals surface area contributed by atoms with Crippen LogP contribution in [0.25, 0.3) is 44.6 Å². The highest BCUT2D eigenvalue weighted by molar-refractivity contribution is 5.95. The van der Waals surface area contributed by atoms with Crippen molar-refractivity contribution < 1.29 is 0 Å². The first kappa shape index (κ1) is 22.7. The maximum Gasteiger partial charge on any atom is 0.155 e. The fourth-order valence-corrected chi connectivity index (χ4v) is 6.07. The van der Waals surface area contributed by atoms with Crippen molar-refractivity contribution in [2.24, 2.45) is 7.05 Å². The van der Waals surface area contributed by atoms with Crippen molar-refractivity contribution in [3.05, 3.63) is 83.9 Å². The van der Waals surface area contributed by atoms with Gasteiger partial charge in [-0.3, -0.25) is 9.78 Å². The van der Waals surface area contributed by atoms with Crippen molar-refractivity contribution in [3.8, 4) is 22.6 Å². The normalized spacial score (nSPS) is 16.4. The van der Waals surface area contributed by atoms with Gasteiger partial charge in [-0.2, -0.15) is 10.2 Å². The number of nitrogens with zero attached hydrogens (tertiary/aromatic N) is 6. The average Bonchev–Trinajstić information content (AvgIpc) is 3.86. The highest BCUT2D eigenvalue weighted by atomic mass is 15.3. The van der Waals surface area contributed by atoms with E-state index in [1.165, 1.54) is 42.5 Å². The summed E-state index contributed by atoms with van der Waals surface area (Å²) in [5, 5.41) is 14.5. The van der Waals surface area contributed by atoms with Crippen molar-refractivity contribution in [2.45, 2.75) is 56.9 Å². The highest BCUT2D eigenvalue weighted by Gasteiger charge is 2.35. The molecule has 0 unspecified atom stereocenters. The van der Waals surface area contributed by atoms with E-state index in [0.717, 1.165) is 51.3 Å². The van der Waals surface area contributed by atoms with E-state index < -0.39 is 0 Å². The molecular weight excluding hydrogens is 482 g/mol. The summed E-state index contributed by atoms with van der Waals surface area (Å²) in [6.07, 6.45) is 8.87. The molecule has 194 valence electrons. The van der Waals surface area contributed by atoms with Crippen LogP contribution < -0.4 is 0 Å². The second kappa shape index (κ2) is 8.63. The van der Waals surface area contributed by atoms with Gasteiger partial charge < -0.3 is 4.57 Å². The van der Waals surface area contributed by atoms with E-state index in [1.54, 1.807) is 0 Å². The topological polar surface area (TPSA) is 77.2 Å². The minimum atomic E-state index is 0.374. The van der Waals surface area contributed by atoms with Gasteiger partial charge in [-0.15, -0.1) is 0 Å². The number of aromatic nitrogens is 7. The number of imidazole rings is 1. The van der Waals surface area contributed by atoms with Crippen LogP contribution in [0.5, 0.6) is 0 Å². The molecule has 4 aromatic heterocycles. The molecule has 0 bridgehead atoms. The van der Waals surface area contributed by atoms with Crippen LogP contribution in [-0.2, 0) is 13.6 Å². The van der Waals surface area contributed by atoms with Gasteiger partial charge in [0.2, 0.25) is 0 Å². The Bertz CT molecular complexity index is 1830. The Balaban J connectivity index is 1.25. The van der Waals surface area contributed by atoms with Crippen LogP contribution in [0.1, 0.15) is 67.3 Å². The average molecular weight is 514 g/mol. The minimum absolute atomic E-state index is 0.374. The van der Waals surface area contributed by atoms with Crippen LogP contribution in [0.3, 0.4) is 0 Å². The Morgan fingerprint density at radius 3 is 2.56 bits per heavy atom. The Kier molecular flexibility index (Phi) is 5.02. The molecule has 6 aromatic rings. The molecular formula is C32H31N7. The first-order chi connectivity index (χ1) is 19.1. The molecule has 39 heavy (non-hydrogen) atoms. The number of benzene rings is 2. The van der Waals surface area contributed by atoms with Crippen LogP contribution in [0.2, 0.25) is 0 Å². The van der Waals surface area contributed by atoms with Gasteiger partial charge in [0.25, 0.3) is 0 Å². The van der Waals surface area contributed by atoms with Gasteiger partial charge in [-0.25, -0.2) is 9.97 Å². The zero-order valence-corrected chi connectivity index (χ0v) is 22.3. The molecule has 2 aliphatic carbocycles. The maximum atomic E-state index is 5.40. The number of hydrogen-bond acceptors (Lipinski definition) is 4. The Morgan fingerprint density at radius 1 is 0.949 bits per heavy atom. The molecule has 0 aliphatic heterocycles. The summed E-state index contributed by atoms with van der Waals surface area (Å²) in [5.41, 5.74) is 9.08. The van der Waals surface area contributed by atoms with Crippen molar-refractivity contribution >= 4 is 21.9 Å². The molecule has 1 atom stereocenters. The number of H-pyrrole nitrogens is 1. The SMILES string of the molecule is C[C@@H](Cn1cc2c(-c3nc(-c4cc5cn[nH]c5nc4C4CC4)n(C)c3C3CC3)cccc2n1)c1ccccc1. The third kappa shape index (κ3) is 3.87. The van der Waals surface area contributed by atoms with E-state index >= 15 is 0 Å². The van der Waals surface area contributed by atoms with Gasteiger partial charge in [0.1, 0.15) is 5.82 Å². The molecule has 0 radical (unpaired) electrons. The zero-order chi connectivity index (χ0) is 26.1. The van der Waals surface area contributed by atoms with Gasteiger partial charge >= 0.3 is 0 Å². The summed E-state index contributed by atoms with van der Waals surface area (Å²) >= 11 is 0. The molecule has 0 spiro atoms. The van der Waals surface area contributed by atoms with Crippen LogP contribution in [0.4, 0.5) is 0 Å². The Hall–Kier alpha value is -4.26. The van der Waals surface area contributed by atoms with E-state index in [2.05, 4.69) is 94.2 Å². The standard InChI is InChI=1S/C32H31N7/c1-19(20-7-4-3-5-8-20)17-39-18-26-24(9-6-10-27(26)37-39)29-30(22-13-14-22)38(2)32(35-29)25-15-23-16-33-36-31(23)34-28(25)21-11-12-21/h3-10,15-16,18-19,21-22H,11-14,17H2,1-2H3,(H,33,34,36)/t19-/m0/s1. The third-order valence-electron chi connectivity index (χ3n) is 8.45. The lowest BCUT2D eigenvalue weighted by Gasteiger charge is -2.11. The minimum Gasteiger partial charge on any atom is -0.330 e. The summed E-state index contributed by atoms with van der Waals surface area (Å²) in [5.74, 6) is 2.43. The lowest BCUT2D eigenvalue weighted by molar-refractivity contribution is 0.547. The molecule has 0 saturated heterocycles. The van der Waals surface area contributed by atoms with E-state index in [1.807, 2.05) is 6.20 Å². The van der Waals surface area contributed by atoms with Gasteiger partial charge in [0.05, 0.1) is 23.1 Å². The van der Waals surface area contributed by atoms with Crippen LogP contribution in [-0.4, -0.2) is 34.5 Å². The molecule has 8 rings (SSSR count). The molecule has 4 heterocycles. The molecule has 2 aromatic carbocycles. The first-order valence-corrected chi connectivity index (χ1v) is 14.1. The van der Waals surface area contributed by atoms with Crippen LogP contribution in [0, 0.1) is 0 Å². The number of rotatable bonds is 7. The smallest absolute Gasteiger partial charge is 0.155 e. The fourth-order valence-electron chi connectivity index (χ4n) is 6.07. The zero-order valence-electron chi connectivity index (χ0n) is 22.3. The summed E-state index contributed by atoms with van der Waals surface area (Å²) < 4.78 is 4.44. The fraction of sp³-hybridized carbons (Fsp3) is 0.312. The number of aromatic amines is 1. The quantitative estimate of drug-likeness (QED) is 0.251. The largest absolute Gasteiger partial charge is 0.330 e. The Morgan fingerprint density at radius 2 is 1.77 bits per heavy atom. The monoisotopic (exact) mass is 513 g/mol. The highest BCUT2D eigenvalue weighted by Crippen LogP contribution is 2.49. The second-order valence-electron chi connectivity index (χ2n) is 11.4. The van der Waals surface area contributed by atoms with Gasteiger partial charge in [0, 0.05) is 65.1 Å². The first-order valence-electron chi connectivity index (χ1n) is 14.1. The summed E-state index contributed by atoms with van der Waals surface area (Å²) in [6, 6.07) is 19.4.